The van der Waals surface area contributed by atoms with E-state index in [1.165, 1.54) is 0 Å². The van der Waals surface area contributed by atoms with Gasteiger partial charge in [0, 0.05) is 30.5 Å². The zero-order valence-corrected chi connectivity index (χ0v) is 26.0. The second kappa shape index (κ2) is 16.8. The maximum atomic E-state index is 12.0. The van der Waals surface area contributed by atoms with Crippen molar-refractivity contribution >= 4 is 55.1 Å². The molecule has 3 heterocycles. The Labute approximate surface area is 280 Å². The van der Waals surface area contributed by atoms with Gasteiger partial charge in [0.1, 0.15) is 17.1 Å². The first-order valence-corrected chi connectivity index (χ1v) is 12.1. The van der Waals surface area contributed by atoms with Crippen LogP contribution in [-0.4, -0.2) is 37.7 Å². The van der Waals surface area contributed by atoms with Gasteiger partial charge in [0.05, 0.1) is 0 Å². The molecule has 3 N–H and O–H groups in total. The Hall–Kier alpha value is -1.73. The van der Waals surface area contributed by atoms with Crippen molar-refractivity contribution in [1.82, 2.24) is 30.6 Å². The van der Waals surface area contributed by atoms with Crippen LogP contribution in [0.25, 0.3) is 0 Å². The first kappa shape index (κ1) is 47.4. The van der Waals surface area contributed by atoms with Crippen LogP contribution in [0, 0.1) is 0 Å². The number of halogens is 21. The normalized spacial score (nSPS) is 12.5. The summed E-state index contributed by atoms with van der Waals surface area (Å²) in [6, 6.07) is 0. The van der Waals surface area contributed by atoms with E-state index in [-0.39, 0.29) is 17.1 Å². The molecule has 0 aliphatic heterocycles. The van der Waals surface area contributed by atoms with Crippen LogP contribution >= 0.6 is 47.8 Å². The molecule has 0 aromatic carbocycles. The van der Waals surface area contributed by atoms with E-state index in [0.29, 0.717) is 0 Å². The zero-order valence-electron chi connectivity index (χ0n) is 20.3. The van der Waals surface area contributed by atoms with Gasteiger partial charge in [0.25, 0.3) is 0 Å². The summed E-state index contributed by atoms with van der Waals surface area (Å²) in [5, 5.41) is 36.0. The molecule has 0 saturated heterocycles. The number of rotatable bonds is 0. The molecule has 9 nitrogen and oxygen atoms in total. The number of aromatic nitrogens is 6. The summed E-state index contributed by atoms with van der Waals surface area (Å²) >= 11 is 6.47. The van der Waals surface area contributed by atoms with Gasteiger partial charge in [-0.1, -0.05) is 0 Å². The Balaban J connectivity index is 0. The molecule has 47 heavy (non-hydrogen) atoms. The van der Waals surface area contributed by atoms with E-state index in [0.717, 1.165) is 0 Å². The summed E-state index contributed by atoms with van der Waals surface area (Å²) in [5.74, 6) is 0. The van der Waals surface area contributed by atoms with Gasteiger partial charge in [-0.25, -0.2) is 0 Å². The molecular weight excluding hydrogens is 968 g/mol. The van der Waals surface area contributed by atoms with Gasteiger partial charge in [-0.15, -0.1) is 0 Å². The minimum absolute atomic E-state index is 0. The van der Waals surface area contributed by atoms with Crippen molar-refractivity contribution in [1.29, 1.82) is 0 Å². The molecule has 0 unspecified atom stereocenters. The van der Waals surface area contributed by atoms with Crippen molar-refractivity contribution in [3.05, 3.63) is 47.6 Å². The SMILES string of the molecule is FC(F)(F)c1n[n-]c(C(F)(F)F)c1Br.FC(F)(F)c1n[n-]c(C(F)(F)F)c1Br.FC(F)(F)c1n[n-]c(C(F)(F)F)c1Br.OB(O)O.[Cu]. The van der Waals surface area contributed by atoms with Crippen LogP contribution in [0.2, 0.25) is 0 Å². The van der Waals surface area contributed by atoms with Crippen LogP contribution in [0.3, 0.4) is 0 Å². The standard InChI is InChI=1S/3C5BrF6N2.BH3O3.Cu/c3*6-1-2(4(7,8)9)13-14-3(1)5(10,11)12;2-1(3)4;/h;;;2-4H;/q3*-1;;. The Kier molecular flexibility index (Phi) is 16.9. The van der Waals surface area contributed by atoms with Crippen LogP contribution in [0.5, 0.6) is 0 Å². The van der Waals surface area contributed by atoms with Crippen LogP contribution < -0.4 is 15.3 Å². The van der Waals surface area contributed by atoms with Crippen LogP contribution in [0.15, 0.2) is 13.4 Å². The van der Waals surface area contributed by atoms with E-state index in [4.69, 9.17) is 15.1 Å². The topological polar surface area (TPSA) is 142 Å². The third kappa shape index (κ3) is 14.7. The van der Waals surface area contributed by atoms with Gasteiger partial charge < -0.3 is 45.7 Å². The molecule has 0 amide bonds. The Bertz CT molecular complexity index is 1150. The molecule has 0 spiro atoms. The molecular formula is C15H3BBr3CuF18N6O3-3. The molecule has 3 aromatic heterocycles. The summed E-state index contributed by atoms with van der Waals surface area (Å²) in [6.07, 6.45) is -29.7. The number of hydrogen-bond acceptors (Lipinski definition) is 6. The molecule has 0 aliphatic carbocycles. The zero-order chi connectivity index (χ0) is 37.0. The van der Waals surface area contributed by atoms with Crippen molar-refractivity contribution in [2.75, 3.05) is 0 Å². The predicted octanol–water partition coefficient (Wildman–Crippen LogP) is 6.46. The van der Waals surface area contributed by atoms with E-state index in [1.807, 2.05) is 0 Å². The van der Waals surface area contributed by atoms with Gasteiger partial charge >= 0.3 is 44.4 Å². The molecule has 0 bridgehead atoms. The van der Waals surface area contributed by atoms with Gasteiger partial charge in [-0.05, 0) is 64.9 Å². The number of hydrogen-bond donors (Lipinski definition) is 3. The number of alkyl halides is 18. The number of nitrogens with zero attached hydrogens (tertiary/aromatic N) is 6. The van der Waals surface area contributed by atoms with Gasteiger partial charge in [-0.3, -0.25) is 0 Å². The Morgan fingerprint density at radius 1 is 0.404 bits per heavy atom. The Morgan fingerprint density at radius 2 is 0.553 bits per heavy atom. The molecule has 3 rings (SSSR count). The van der Waals surface area contributed by atoms with E-state index in [1.54, 1.807) is 0 Å². The quantitative estimate of drug-likeness (QED) is 0.171. The maximum absolute atomic E-state index is 12.0. The third-order valence-corrected chi connectivity index (χ3v) is 5.86. The average Bonchev–Trinajstić information content (AvgIpc) is 3.48. The fourth-order valence-corrected chi connectivity index (χ4v) is 3.81. The van der Waals surface area contributed by atoms with Crippen molar-refractivity contribution in [3.8, 4) is 0 Å². The van der Waals surface area contributed by atoms with Crippen LogP contribution in [0.1, 0.15) is 34.2 Å². The molecule has 0 fully saturated rings. The average molecular weight is 971 g/mol. The van der Waals surface area contributed by atoms with Crippen LogP contribution in [0.4, 0.5) is 79.0 Å². The fourth-order valence-electron chi connectivity index (χ4n) is 1.99. The second-order valence-electron chi connectivity index (χ2n) is 6.97. The maximum Gasteiger partial charge on any atom is 0.631 e. The van der Waals surface area contributed by atoms with Crippen molar-refractivity contribution < 1.29 is 111 Å². The van der Waals surface area contributed by atoms with E-state index in [9.17, 15) is 79.0 Å². The molecule has 0 saturated carbocycles. The first-order valence-electron chi connectivity index (χ1n) is 9.68. The molecule has 0 aliphatic rings. The molecule has 32 heteroatoms. The van der Waals surface area contributed by atoms with E-state index < -0.39 is 92.0 Å². The summed E-state index contributed by atoms with van der Waals surface area (Å²) in [6.45, 7) is 0. The second-order valence-corrected chi connectivity index (χ2v) is 9.35. The minimum Gasteiger partial charge on any atom is -0.570 e. The van der Waals surface area contributed by atoms with E-state index >= 15 is 0 Å². The largest absolute Gasteiger partial charge is 0.631 e. The van der Waals surface area contributed by atoms with Gasteiger partial charge in [-0.2, -0.15) is 79.0 Å². The van der Waals surface area contributed by atoms with E-state index in [2.05, 4.69) is 78.4 Å². The molecule has 0 atom stereocenters. The van der Waals surface area contributed by atoms with Crippen molar-refractivity contribution in [2.45, 2.75) is 37.1 Å². The monoisotopic (exact) mass is 968 g/mol. The summed E-state index contributed by atoms with van der Waals surface area (Å²) in [5.41, 5.74) is -10.1. The predicted molar refractivity (Wildman–Crippen MR) is 118 cm³/mol. The van der Waals surface area contributed by atoms with Gasteiger partial charge in [0.15, 0.2) is 0 Å². The minimum atomic E-state index is -4.95. The third-order valence-electron chi connectivity index (χ3n) is 3.61. The van der Waals surface area contributed by atoms with Crippen LogP contribution in [-0.2, 0) is 54.1 Å². The fraction of sp³-hybridized carbons (Fsp3) is 0.400. The summed E-state index contributed by atoms with van der Waals surface area (Å²) in [4.78, 5) is 0. The molecule has 1 radical (unpaired) electrons. The van der Waals surface area contributed by atoms with Gasteiger partial charge in [0.2, 0.25) is 0 Å². The summed E-state index contributed by atoms with van der Waals surface area (Å²) < 4.78 is 212. The summed E-state index contributed by atoms with van der Waals surface area (Å²) in [7, 11) is -2.17. The van der Waals surface area contributed by atoms with Crippen molar-refractivity contribution in [3.63, 3.8) is 0 Å². The first-order chi connectivity index (χ1) is 20.1. The smallest absolute Gasteiger partial charge is 0.570 e. The molecule has 275 valence electrons. The molecule has 3 aromatic rings. The Morgan fingerprint density at radius 3 is 0.617 bits per heavy atom. The van der Waals surface area contributed by atoms with Crippen molar-refractivity contribution in [2.24, 2.45) is 0 Å².